The molecule has 146 valence electrons. The van der Waals surface area contributed by atoms with Crippen molar-refractivity contribution in [1.82, 2.24) is 0 Å². The van der Waals surface area contributed by atoms with Crippen molar-refractivity contribution in [3.8, 4) is 0 Å². The normalized spacial score (nSPS) is 13.6. The first-order valence-electron chi connectivity index (χ1n) is 9.70. The zero-order valence-corrected chi connectivity index (χ0v) is 17.8. The van der Waals surface area contributed by atoms with E-state index >= 15 is 0 Å². The average molecular weight is 394 g/mol. The lowest BCUT2D eigenvalue weighted by Crippen LogP contribution is -2.31. The molecule has 28 heavy (non-hydrogen) atoms. The zero-order chi connectivity index (χ0) is 20.4. The standard InChI is InChI=1S/C24H27NO2S/c1-6-12-28-14-17-10-11-20-21(13-17)24(27)25(23(20)26)22-18(15(2)3)8-7-9-19(22)16(4)5/h6-11,13,15-16H,1,12,14H2,2-5H3. The maximum absolute atomic E-state index is 13.3. The molecular weight excluding hydrogens is 366 g/mol. The number of rotatable bonds is 7. The van der Waals surface area contributed by atoms with Crippen molar-refractivity contribution in [3.63, 3.8) is 0 Å². The van der Waals surface area contributed by atoms with Crippen molar-refractivity contribution < 1.29 is 9.59 Å². The van der Waals surface area contributed by atoms with E-state index in [0.29, 0.717) is 11.1 Å². The molecular formula is C24H27NO2S. The van der Waals surface area contributed by atoms with Gasteiger partial charge in [-0.25, -0.2) is 4.90 Å². The van der Waals surface area contributed by atoms with Crippen LogP contribution in [0.5, 0.6) is 0 Å². The predicted molar refractivity (Wildman–Crippen MR) is 119 cm³/mol. The van der Waals surface area contributed by atoms with Crippen molar-refractivity contribution >= 4 is 29.3 Å². The minimum atomic E-state index is -0.222. The fourth-order valence-corrected chi connectivity index (χ4v) is 4.31. The Balaban J connectivity index is 2.07. The predicted octanol–water partition coefficient (Wildman–Crippen LogP) is 6.15. The van der Waals surface area contributed by atoms with Crippen LogP contribution in [0.15, 0.2) is 49.1 Å². The number of fused-ring (bicyclic) bond motifs is 1. The van der Waals surface area contributed by atoms with E-state index in [9.17, 15) is 9.59 Å². The molecule has 3 nitrogen and oxygen atoms in total. The van der Waals surface area contributed by atoms with Gasteiger partial charge in [0.25, 0.3) is 11.8 Å². The molecule has 1 heterocycles. The van der Waals surface area contributed by atoms with Crippen molar-refractivity contribution in [3.05, 3.63) is 76.9 Å². The molecule has 2 aromatic rings. The van der Waals surface area contributed by atoms with Gasteiger partial charge in [0.05, 0.1) is 16.8 Å². The number of carbonyl (C=O) groups excluding carboxylic acids is 2. The summed E-state index contributed by atoms with van der Waals surface area (Å²) in [5, 5.41) is 0. The molecule has 1 aliphatic rings. The smallest absolute Gasteiger partial charge is 0.266 e. The molecule has 2 amide bonds. The number of anilines is 1. The summed E-state index contributed by atoms with van der Waals surface area (Å²) in [5.41, 5.74) is 4.88. The SMILES string of the molecule is C=CCSCc1ccc2c(c1)C(=O)N(c1c(C(C)C)cccc1C(C)C)C2=O. The van der Waals surface area contributed by atoms with Gasteiger partial charge in [0, 0.05) is 11.5 Å². The van der Waals surface area contributed by atoms with Gasteiger partial charge in [0.2, 0.25) is 0 Å². The molecule has 0 radical (unpaired) electrons. The van der Waals surface area contributed by atoms with Crippen LogP contribution in [0.1, 0.15) is 76.9 Å². The van der Waals surface area contributed by atoms with Crippen molar-refractivity contribution in [2.24, 2.45) is 0 Å². The highest BCUT2D eigenvalue weighted by Crippen LogP contribution is 2.39. The molecule has 0 aliphatic carbocycles. The van der Waals surface area contributed by atoms with E-state index in [1.54, 1.807) is 17.8 Å². The second-order valence-corrected chi connectivity index (χ2v) is 8.75. The molecule has 2 aromatic carbocycles. The zero-order valence-electron chi connectivity index (χ0n) is 17.0. The van der Waals surface area contributed by atoms with E-state index in [-0.39, 0.29) is 23.7 Å². The quantitative estimate of drug-likeness (QED) is 0.321. The number of amides is 2. The Hall–Kier alpha value is -2.33. The maximum Gasteiger partial charge on any atom is 0.266 e. The summed E-state index contributed by atoms with van der Waals surface area (Å²) in [6.07, 6.45) is 1.87. The number of carbonyl (C=O) groups is 2. The van der Waals surface area contributed by atoms with Crippen LogP contribution in [0.3, 0.4) is 0 Å². The molecule has 0 aromatic heterocycles. The molecule has 4 heteroatoms. The second-order valence-electron chi connectivity index (χ2n) is 7.72. The van der Waals surface area contributed by atoms with Crippen LogP contribution in [0, 0.1) is 0 Å². The first-order valence-corrected chi connectivity index (χ1v) is 10.8. The number of thioether (sulfide) groups is 1. The fourth-order valence-electron chi connectivity index (χ4n) is 3.61. The van der Waals surface area contributed by atoms with Gasteiger partial charge in [-0.15, -0.1) is 6.58 Å². The van der Waals surface area contributed by atoms with Crippen LogP contribution >= 0.6 is 11.8 Å². The van der Waals surface area contributed by atoms with E-state index in [2.05, 4.69) is 34.3 Å². The number of hydrogen-bond donors (Lipinski definition) is 0. The first-order chi connectivity index (χ1) is 13.4. The third-order valence-electron chi connectivity index (χ3n) is 5.02. The molecule has 0 bridgehead atoms. The summed E-state index contributed by atoms with van der Waals surface area (Å²) < 4.78 is 0. The van der Waals surface area contributed by atoms with E-state index in [0.717, 1.165) is 33.9 Å². The number of nitrogens with zero attached hydrogens (tertiary/aromatic N) is 1. The largest absolute Gasteiger partial charge is 0.268 e. The van der Waals surface area contributed by atoms with Gasteiger partial charge in [-0.1, -0.05) is 58.0 Å². The topological polar surface area (TPSA) is 37.4 Å². The summed E-state index contributed by atoms with van der Waals surface area (Å²) in [6.45, 7) is 12.1. The highest BCUT2D eigenvalue weighted by atomic mass is 32.2. The molecule has 0 saturated carbocycles. The number of hydrogen-bond acceptors (Lipinski definition) is 3. The Morgan fingerprint density at radius 2 is 1.57 bits per heavy atom. The van der Waals surface area contributed by atoms with Gasteiger partial charge in [0.15, 0.2) is 0 Å². The third-order valence-corrected chi connectivity index (χ3v) is 6.03. The van der Waals surface area contributed by atoms with Crippen molar-refractivity contribution in [2.75, 3.05) is 10.7 Å². The van der Waals surface area contributed by atoms with Gasteiger partial charge in [0.1, 0.15) is 0 Å². The monoisotopic (exact) mass is 393 g/mol. The van der Waals surface area contributed by atoms with Gasteiger partial charge >= 0.3 is 0 Å². The van der Waals surface area contributed by atoms with Crippen molar-refractivity contribution in [2.45, 2.75) is 45.3 Å². The Morgan fingerprint density at radius 3 is 2.14 bits per heavy atom. The first kappa shape index (κ1) is 20.4. The van der Waals surface area contributed by atoms with Gasteiger partial charge in [-0.05, 0) is 40.7 Å². The van der Waals surface area contributed by atoms with Crippen LogP contribution in [0.25, 0.3) is 0 Å². The van der Waals surface area contributed by atoms with E-state index < -0.39 is 0 Å². The molecule has 0 atom stereocenters. The van der Waals surface area contributed by atoms with Crippen LogP contribution < -0.4 is 4.90 Å². The molecule has 0 spiro atoms. The van der Waals surface area contributed by atoms with Gasteiger partial charge in [-0.3, -0.25) is 9.59 Å². The van der Waals surface area contributed by atoms with E-state index in [1.165, 1.54) is 4.90 Å². The highest BCUT2D eigenvalue weighted by Gasteiger charge is 2.39. The third kappa shape index (κ3) is 3.66. The minimum absolute atomic E-state index is 0.212. The molecule has 1 aliphatic heterocycles. The van der Waals surface area contributed by atoms with Crippen LogP contribution in [0.4, 0.5) is 5.69 Å². The summed E-state index contributed by atoms with van der Waals surface area (Å²) in [6, 6.07) is 11.7. The maximum atomic E-state index is 13.3. The summed E-state index contributed by atoms with van der Waals surface area (Å²) in [5.74, 6) is 1.63. The fraction of sp³-hybridized carbons (Fsp3) is 0.333. The second kappa shape index (κ2) is 8.36. The molecule has 3 rings (SSSR count). The lowest BCUT2D eigenvalue weighted by Gasteiger charge is -2.25. The number of para-hydroxylation sites is 1. The Kier molecular flexibility index (Phi) is 6.09. The van der Waals surface area contributed by atoms with E-state index in [1.807, 2.05) is 36.4 Å². The lowest BCUT2D eigenvalue weighted by molar-refractivity contribution is 0.0925. The number of benzene rings is 2. The van der Waals surface area contributed by atoms with Crippen LogP contribution in [-0.4, -0.2) is 17.6 Å². The summed E-state index contributed by atoms with van der Waals surface area (Å²) in [7, 11) is 0. The van der Waals surface area contributed by atoms with Crippen molar-refractivity contribution in [1.29, 1.82) is 0 Å². The van der Waals surface area contributed by atoms with Gasteiger partial charge in [-0.2, -0.15) is 11.8 Å². The molecule has 0 N–H and O–H groups in total. The van der Waals surface area contributed by atoms with Crippen LogP contribution in [-0.2, 0) is 5.75 Å². The average Bonchev–Trinajstić information content (AvgIpc) is 2.91. The Labute approximate surface area is 171 Å². The summed E-state index contributed by atoms with van der Waals surface area (Å²) >= 11 is 1.74. The van der Waals surface area contributed by atoms with E-state index in [4.69, 9.17) is 0 Å². The van der Waals surface area contributed by atoms with Crippen LogP contribution in [0.2, 0.25) is 0 Å². The Morgan fingerprint density at radius 1 is 0.964 bits per heavy atom. The highest BCUT2D eigenvalue weighted by molar-refractivity contribution is 7.98. The molecule has 0 saturated heterocycles. The minimum Gasteiger partial charge on any atom is -0.268 e. The number of imide groups is 1. The Bertz CT molecular complexity index is 904. The summed E-state index contributed by atoms with van der Waals surface area (Å²) in [4.78, 5) is 27.9. The van der Waals surface area contributed by atoms with Gasteiger partial charge < -0.3 is 0 Å². The molecule has 0 fully saturated rings. The molecule has 0 unspecified atom stereocenters. The lowest BCUT2D eigenvalue weighted by atomic mass is 9.92.